The molecule has 13 heavy (non-hydrogen) atoms. The minimum Gasteiger partial charge on any atom is -0.306 e. The minimum atomic E-state index is 0.677. The minimum absolute atomic E-state index is 0.677. The molecule has 1 aromatic rings. The molecule has 0 spiro atoms. The predicted octanol–water partition coefficient (Wildman–Crippen LogP) is 2.55. The average Bonchev–Trinajstić information content (AvgIpc) is 2.87. The number of rotatable bonds is 1. The summed E-state index contributed by atoms with van der Waals surface area (Å²) in [5, 5.41) is 3.62. The van der Waals surface area contributed by atoms with Crippen LogP contribution in [0.3, 0.4) is 0 Å². The molecule has 3 rings (SSSR count). The van der Waals surface area contributed by atoms with Gasteiger partial charge in [-0.15, -0.1) is 0 Å². The van der Waals surface area contributed by atoms with Gasteiger partial charge in [0.05, 0.1) is 0 Å². The SMILES string of the molecule is Cc1cccc2c1C(C1CC1)NC2. The maximum atomic E-state index is 3.62. The monoisotopic (exact) mass is 173 g/mol. The lowest BCUT2D eigenvalue weighted by Gasteiger charge is -2.12. The summed E-state index contributed by atoms with van der Waals surface area (Å²) in [5.41, 5.74) is 4.60. The molecule has 1 heteroatoms. The van der Waals surface area contributed by atoms with Gasteiger partial charge in [-0.05, 0) is 42.4 Å². The van der Waals surface area contributed by atoms with Crippen molar-refractivity contribution in [3.8, 4) is 0 Å². The summed E-state index contributed by atoms with van der Waals surface area (Å²) in [6, 6.07) is 7.35. The Morgan fingerprint density at radius 3 is 2.92 bits per heavy atom. The molecule has 0 bridgehead atoms. The highest BCUT2D eigenvalue weighted by Gasteiger charge is 2.36. The van der Waals surface area contributed by atoms with Crippen molar-refractivity contribution in [3.05, 3.63) is 34.9 Å². The zero-order valence-corrected chi connectivity index (χ0v) is 8.01. The lowest BCUT2D eigenvalue weighted by atomic mass is 9.97. The number of benzene rings is 1. The van der Waals surface area contributed by atoms with Crippen molar-refractivity contribution in [2.24, 2.45) is 5.92 Å². The molecule has 1 fully saturated rings. The summed E-state index contributed by atoms with van der Waals surface area (Å²) in [6.45, 7) is 3.32. The van der Waals surface area contributed by atoms with Crippen molar-refractivity contribution in [1.82, 2.24) is 5.32 Å². The van der Waals surface area contributed by atoms with Crippen LogP contribution in [0.25, 0.3) is 0 Å². The maximum absolute atomic E-state index is 3.62. The van der Waals surface area contributed by atoms with Crippen LogP contribution in [0.2, 0.25) is 0 Å². The van der Waals surface area contributed by atoms with Gasteiger partial charge in [0, 0.05) is 12.6 Å². The molecule has 1 unspecified atom stereocenters. The predicted molar refractivity (Wildman–Crippen MR) is 53.5 cm³/mol. The van der Waals surface area contributed by atoms with E-state index in [1.54, 1.807) is 5.56 Å². The van der Waals surface area contributed by atoms with Gasteiger partial charge in [0.1, 0.15) is 0 Å². The third kappa shape index (κ3) is 1.11. The maximum Gasteiger partial charge on any atom is 0.0357 e. The normalized spacial score (nSPS) is 26.1. The van der Waals surface area contributed by atoms with Crippen molar-refractivity contribution >= 4 is 0 Å². The summed E-state index contributed by atoms with van der Waals surface area (Å²) in [7, 11) is 0. The van der Waals surface area contributed by atoms with E-state index in [1.165, 1.54) is 24.0 Å². The summed E-state index contributed by atoms with van der Waals surface area (Å²) < 4.78 is 0. The van der Waals surface area contributed by atoms with Crippen molar-refractivity contribution in [1.29, 1.82) is 0 Å². The molecule has 1 heterocycles. The molecule has 0 saturated heterocycles. The van der Waals surface area contributed by atoms with Gasteiger partial charge in [-0.2, -0.15) is 0 Å². The Bertz CT molecular complexity index is 339. The van der Waals surface area contributed by atoms with Crippen molar-refractivity contribution < 1.29 is 0 Å². The van der Waals surface area contributed by atoms with Gasteiger partial charge < -0.3 is 5.32 Å². The molecule has 0 aromatic heterocycles. The molecule has 1 atom stereocenters. The van der Waals surface area contributed by atoms with E-state index >= 15 is 0 Å². The molecule has 2 aliphatic rings. The fourth-order valence-corrected chi connectivity index (χ4v) is 2.49. The molecule has 1 N–H and O–H groups in total. The second-order valence-corrected chi connectivity index (χ2v) is 4.34. The Labute approximate surface area is 79.2 Å². The Morgan fingerprint density at radius 1 is 1.31 bits per heavy atom. The van der Waals surface area contributed by atoms with Crippen LogP contribution in [0.5, 0.6) is 0 Å². The first-order valence-electron chi connectivity index (χ1n) is 5.18. The van der Waals surface area contributed by atoms with Gasteiger partial charge in [-0.3, -0.25) is 0 Å². The average molecular weight is 173 g/mol. The van der Waals surface area contributed by atoms with Crippen LogP contribution in [-0.4, -0.2) is 0 Å². The number of fused-ring (bicyclic) bond motifs is 1. The van der Waals surface area contributed by atoms with E-state index in [2.05, 4.69) is 30.4 Å². The standard InChI is InChI=1S/C12H15N/c1-8-3-2-4-10-7-13-12(11(8)10)9-5-6-9/h2-4,9,12-13H,5-7H2,1H3. The highest BCUT2D eigenvalue weighted by Crippen LogP contribution is 2.45. The van der Waals surface area contributed by atoms with Crippen LogP contribution in [0.4, 0.5) is 0 Å². The first-order chi connectivity index (χ1) is 6.36. The Kier molecular flexibility index (Phi) is 1.50. The molecular weight excluding hydrogens is 158 g/mol. The second kappa shape index (κ2) is 2.58. The van der Waals surface area contributed by atoms with Crippen LogP contribution >= 0.6 is 0 Å². The molecule has 0 radical (unpaired) electrons. The molecule has 1 aromatic carbocycles. The van der Waals surface area contributed by atoms with Gasteiger partial charge in [0.15, 0.2) is 0 Å². The number of hydrogen-bond acceptors (Lipinski definition) is 1. The third-order valence-corrected chi connectivity index (χ3v) is 3.33. The first-order valence-corrected chi connectivity index (χ1v) is 5.18. The van der Waals surface area contributed by atoms with Crippen molar-refractivity contribution in [2.75, 3.05) is 0 Å². The smallest absolute Gasteiger partial charge is 0.0357 e. The van der Waals surface area contributed by atoms with Gasteiger partial charge in [-0.25, -0.2) is 0 Å². The highest BCUT2D eigenvalue weighted by molar-refractivity contribution is 5.41. The topological polar surface area (TPSA) is 12.0 Å². The van der Waals surface area contributed by atoms with Crippen LogP contribution in [0.1, 0.15) is 35.6 Å². The number of aryl methyl sites for hydroxylation is 1. The fourth-order valence-electron chi connectivity index (χ4n) is 2.49. The largest absolute Gasteiger partial charge is 0.306 e. The van der Waals surface area contributed by atoms with Crippen LogP contribution in [0.15, 0.2) is 18.2 Å². The van der Waals surface area contributed by atoms with Crippen LogP contribution < -0.4 is 5.32 Å². The second-order valence-electron chi connectivity index (χ2n) is 4.34. The summed E-state index contributed by atoms with van der Waals surface area (Å²) >= 11 is 0. The van der Waals surface area contributed by atoms with E-state index < -0.39 is 0 Å². The van der Waals surface area contributed by atoms with Crippen molar-refractivity contribution in [3.63, 3.8) is 0 Å². The zero-order valence-electron chi connectivity index (χ0n) is 8.01. The quantitative estimate of drug-likeness (QED) is 0.688. The van der Waals surface area contributed by atoms with Gasteiger partial charge in [-0.1, -0.05) is 18.2 Å². The molecule has 1 nitrogen and oxygen atoms in total. The van der Waals surface area contributed by atoms with E-state index in [0.717, 1.165) is 12.5 Å². The molecule has 68 valence electrons. The third-order valence-electron chi connectivity index (χ3n) is 3.33. The summed E-state index contributed by atoms with van der Waals surface area (Å²) in [6.07, 6.45) is 2.84. The first kappa shape index (κ1) is 7.57. The fraction of sp³-hybridized carbons (Fsp3) is 0.500. The molecule has 0 amide bonds. The van der Waals surface area contributed by atoms with Gasteiger partial charge in [0.2, 0.25) is 0 Å². The number of nitrogens with one attached hydrogen (secondary N) is 1. The lowest BCUT2D eigenvalue weighted by molar-refractivity contribution is 0.521. The van der Waals surface area contributed by atoms with E-state index in [-0.39, 0.29) is 0 Å². The van der Waals surface area contributed by atoms with E-state index in [4.69, 9.17) is 0 Å². The molecular formula is C12H15N. The van der Waals surface area contributed by atoms with Crippen LogP contribution in [-0.2, 0) is 6.54 Å². The molecule has 1 aliphatic carbocycles. The summed E-state index contributed by atoms with van der Waals surface area (Å²) in [4.78, 5) is 0. The highest BCUT2D eigenvalue weighted by atomic mass is 15.0. The molecule has 1 aliphatic heterocycles. The number of hydrogen-bond donors (Lipinski definition) is 1. The Balaban J connectivity index is 2.07. The van der Waals surface area contributed by atoms with Crippen molar-refractivity contribution in [2.45, 2.75) is 32.4 Å². The van der Waals surface area contributed by atoms with E-state index in [9.17, 15) is 0 Å². The molecule has 1 saturated carbocycles. The summed E-state index contributed by atoms with van der Waals surface area (Å²) in [5.74, 6) is 0.933. The van der Waals surface area contributed by atoms with Gasteiger partial charge >= 0.3 is 0 Å². The van der Waals surface area contributed by atoms with E-state index in [1.807, 2.05) is 0 Å². The van der Waals surface area contributed by atoms with E-state index in [0.29, 0.717) is 6.04 Å². The van der Waals surface area contributed by atoms with Gasteiger partial charge in [0.25, 0.3) is 0 Å². The zero-order chi connectivity index (χ0) is 8.84. The van der Waals surface area contributed by atoms with Crippen LogP contribution in [0, 0.1) is 12.8 Å². The Morgan fingerprint density at radius 2 is 2.15 bits per heavy atom. The lowest BCUT2D eigenvalue weighted by Crippen LogP contribution is -2.14. The Hall–Kier alpha value is -0.820.